The van der Waals surface area contributed by atoms with Crippen LogP contribution >= 0.6 is 11.6 Å². The third-order valence-corrected chi connectivity index (χ3v) is 6.70. The average molecular weight is 528 g/mol. The number of amides is 1. The summed E-state index contributed by atoms with van der Waals surface area (Å²) in [5.41, 5.74) is -0.582. The summed E-state index contributed by atoms with van der Waals surface area (Å²) in [5, 5.41) is 21.6. The van der Waals surface area contributed by atoms with Crippen molar-refractivity contribution < 1.29 is 23.1 Å². The van der Waals surface area contributed by atoms with Crippen molar-refractivity contribution in [1.82, 2.24) is 4.90 Å². The van der Waals surface area contributed by atoms with Crippen molar-refractivity contribution in [2.75, 3.05) is 18.4 Å². The van der Waals surface area contributed by atoms with E-state index in [4.69, 9.17) is 17.0 Å². The highest BCUT2D eigenvalue weighted by molar-refractivity contribution is 6.33. The Balaban J connectivity index is 1.51. The first-order chi connectivity index (χ1) is 17.6. The molecule has 0 saturated carbocycles. The molecule has 0 spiro atoms. The number of rotatable bonds is 6. The summed E-state index contributed by atoms with van der Waals surface area (Å²) < 4.78 is 39.3. The molecule has 9 heteroatoms. The van der Waals surface area contributed by atoms with E-state index >= 15 is 0 Å². The first-order valence-electron chi connectivity index (χ1n) is 11.6. The molecule has 0 aromatic heterocycles. The Kier molecular flexibility index (Phi) is 7.71. The van der Waals surface area contributed by atoms with Gasteiger partial charge in [-0.2, -0.15) is 13.2 Å². The summed E-state index contributed by atoms with van der Waals surface area (Å²) in [6, 6.07) is 22.1. The molecule has 0 radical (unpaired) electrons. The second-order valence-corrected chi connectivity index (χ2v) is 9.25. The lowest BCUT2D eigenvalue weighted by Gasteiger charge is -2.38. The maximum Gasteiger partial charge on any atom is 0.432 e. The number of benzene rings is 3. The lowest BCUT2D eigenvalue weighted by molar-refractivity contribution is -0.0584. The third-order valence-electron chi connectivity index (χ3n) is 6.37. The smallest absolute Gasteiger partial charge is 0.385 e. The van der Waals surface area contributed by atoms with Gasteiger partial charge < -0.3 is 15.3 Å². The molecule has 3 aromatic rings. The number of allylic oxidation sites excluding steroid dienone is 1. The number of aliphatic hydroxyl groups is 1. The highest BCUT2D eigenvalue weighted by atomic mass is 35.5. The molecule has 0 bridgehead atoms. The number of nitrogens with one attached hydrogen (secondary N) is 2. The van der Waals surface area contributed by atoms with Gasteiger partial charge >= 0.3 is 6.18 Å². The van der Waals surface area contributed by atoms with Gasteiger partial charge in [-0.25, -0.2) is 0 Å². The zero-order chi connectivity index (χ0) is 26.6. The Bertz CT molecular complexity index is 1300. The Hall–Kier alpha value is -3.62. The number of carbonyl (C=O) groups is 1. The lowest BCUT2D eigenvalue weighted by atomic mass is 9.84. The van der Waals surface area contributed by atoms with E-state index in [2.05, 4.69) is 5.32 Å². The predicted molar refractivity (Wildman–Crippen MR) is 139 cm³/mol. The first-order valence-corrected chi connectivity index (χ1v) is 12.0. The highest BCUT2D eigenvalue weighted by Crippen LogP contribution is 2.33. The molecule has 1 aliphatic heterocycles. The van der Waals surface area contributed by atoms with Gasteiger partial charge in [-0.15, -0.1) is 0 Å². The number of likely N-dealkylation sites (tertiary alicyclic amines) is 1. The number of nitrogens with zero attached hydrogens (tertiary/aromatic N) is 1. The van der Waals surface area contributed by atoms with Gasteiger partial charge in [0.05, 0.1) is 16.3 Å². The Morgan fingerprint density at radius 1 is 0.946 bits per heavy atom. The number of para-hydroxylation sites is 1. The lowest BCUT2D eigenvalue weighted by Crippen LogP contribution is -2.45. The van der Waals surface area contributed by atoms with Gasteiger partial charge in [-0.1, -0.05) is 66.2 Å². The normalized spacial score (nSPS) is 15.8. The van der Waals surface area contributed by atoms with Crippen LogP contribution in [-0.4, -0.2) is 40.9 Å². The molecule has 0 atom stereocenters. The molecule has 1 heterocycles. The van der Waals surface area contributed by atoms with Crippen LogP contribution in [0.4, 0.5) is 18.9 Å². The van der Waals surface area contributed by atoms with Crippen molar-refractivity contribution in [2.24, 2.45) is 0 Å². The summed E-state index contributed by atoms with van der Waals surface area (Å²) >= 11 is 6.16. The number of carbonyl (C=O) groups excluding carboxylic acids is 1. The molecule has 37 heavy (non-hydrogen) atoms. The number of piperidine rings is 1. The van der Waals surface area contributed by atoms with E-state index in [0.29, 0.717) is 53.8 Å². The van der Waals surface area contributed by atoms with Gasteiger partial charge in [0.25, 0.3) is 5.91 Å². The Labute approximate surface area is 217 Å². The minimum absolute atomic E-state index is 0.0142. The SMILES string of the molecule is N=C(/C=C(\Nc1ccccc1Cl)c1ccc(C(=O)N2CCC(O)(c3ccccc3)CC2)cc1)C(F)(F)F. The summed E-state index contributed by atoms with van der Waals surface area (Å²) in [7, 11) is 0. The molecule has 1 amide bonds. The second kappa shape index (κ2) is 10.8. The zero-order valence-corrected chi connectivity index (χ0v) is 20.5. The van der Waals surface area contributed by atoms with Crippen molar-refractivity contribution in [1.29, 1.82) is 5.41 Å². The number of anilines is 1. The first kappa shape index (κ1) is 26.4. The van der Waals surface area contributed by atoms with Crippen LogP contribution in [0.1, 0.15) is 34.3 Å². The molecule has 5 nitrogen and oxygen atoms in total. The van der Waals surface area contributed by atoms with E-state index < -0.39 is 17.5 Å². The van der Waals surface area contributed by atoms with E-state index in [1.54, 1.807) is 29.2 Å². The molecule has 1 fully saturated rings. The molecular formula is C28H25ClF3N3O2. The standard InChI is InChI=1S/C28H25ClF3N3O2/c29-22-8-4-5-9-23(22)34-24(18-25(33)28(30,31)32)19-10-12-20(13-11-19)26(36)35-16-14-27(37,15-17-35)21-6-2-1-3-7-21/h1-13,18,33-34,37H,14-17H2/b24-18-,33-25?. The second-order valence-electron chi connectivity index (χ2n) is 8.84. The summed E-state index contributed by atoms with van der Waals surface area (Å²) in [6.07, 6.45) is -3.33. The fraction of sp³-hybridized carbons (Fsp3) is 0.214. The highest BCUT2D eigenvalue weighted by Gasteiger charge is 2.36. The fourth-order valence-corrected chi connectivity index (χ4v) is 4.40. The van der Waals surface area contributed by atoms with Crippen molar-refractivity contribution >= 4 is 34.6 Å². The molecule has 4 rings (SSSR count). The Morgan fingerprint density at radius 3 is 2.11 bits per heavy atom. The molecule has 3 N–H and O–H groups in total. The quantitative estimate of drug-likeness (QED) is 0.320. The van der Waals surface area contributed by atoms with Crippen molar-refractivity contribution in [3.05, 3.63) is 107 Å². The maximum absolute atomic E-state index is 13.1. The summed E-state index contributed by atoms with van der Waals surface area (Å²) in [5.74, 6) is -0.228. The minimum Gasteiger partial charge on any atom is -0.385 e. The van der Waals surface area contributed by atoms with Crippen LogP contribution in [-0.2, 0) is 5.60 Å². The number of hydrogen-bond donors (Lipinski definition) is 3. The Morgan fingerprint density at radius 2 is 1.51 bits per heavy atom. The van der Waals surface area contributed by atoms with Gasteiger partial charge in [0.1, 0.15) is 5.71 Å². The third kappa shape index (κ3) is 6.21. The largest absolute Gasteiger partial charge is 0.432 e. The predicted octanol–water partition coefficient (Wildman–Crippen LogP) is 6.50. The van der Waals surface area contributed by atoms with E-state index in [-0.39, 0.29) is 11.6 Å². The summed E-state index contributed by atoms with van der Waals surface area (Å²) in [6.45, 7) is 0.738. The average Bonchev–Trinajstić information content (AvgIpc) is 2.89. The van der Waals surface area contributed by atoms with E-state index in [0.717, 1.165) is 5.56 Å². The van der Waals surface area contributed by atoms with Crippen LogP contribution in [0.5, 0.6) is 0 Å². The molecule has 0 aliphatic carbocycles. The van der Waals surface area contributed by atoms with Crippen LogP contribution in [0.15, 0.2) is 84.9 Å². The van der Waals surface area contributed by atoms with Crippen molar-refractivity contribution in [3.63, 3.8) is 0 Å². The zero-order valence-electron chi connectivity index (χ0n) is 19.7. The monoisotopic (exact) mass is 527 g/mol. The van der Waals surface area contributed by atoms with Gasteiger partial charge in [0.2, 0.25) is 0 Å². The van der Waals surface area contributed by atoms with E-state index in [1.807, 2.05) is 30.3 Å². The summed E-state index contributed by atoms with van der Waals surface area (Å²) in [4.78, 5) is 14.7. The van der Waals surface area contributed by atoms with Crippen LogP contribution in [0.2, 0.25) is 5.02 Å². The number of halogens is 4. The molecule has 1 aliphatic rings. The maximum atomic E-state index is 13.1. The fourth-order valence-electron chi connectivity index (χ4n) is 4.22. The van der Waals surface area contributed by atoms with E-state index in [1.165, 1.54) is 24.3 Å². The van der Waals surface area contributed by atoms with Crippen molar-refractivity contribution in [3.8, 4) is 0 Å². The van der Waals surface area contributed by atoms with Crippen molar-refractivity contribution in [2.45, 2.75) is 24.6 Å². The number of hydrogen-bond acceptors (Lipinski definition) is 4. The molecule has 3 aromatic carbocycles. The van der Waals surface area contributed by atoms with Gasteiger partial charge in [-0.05, 0) is 54.3 Å². The van der Waals surface area contributed by atoms with E-state index in [9.17, 15) is 23.1 Å². The van der Waals surface area contributed by atoms with Gasteiger partial charge in [0.15, 0.2) is 0 Å². The molecular weight excluding hydrogens is 503 g/mol. The molecule has 192 valence electrons. The van der Waals surface area contributed by atoms with Crippen LogP contribution < -0.4 is 5.32 Å². The van der Waals surface area contributed by atoms with Crippen LogP contribution in [0.25, 0.3) is 5.70 Å². The van der Waals surface area contributed by atoms with Gasteiger partial charge in [-0.3, -0.25) is 10.2 Å². The molecule has 0 unspecified atom stereocenters. The number of alkyl halides is 3. The van der Waals surface area contributed by atoms with Crippen LogP contribution in [0, 0.1) is 5.41 Å². The molecule has 1 saturated heterocycles. The topological polar surface area (TPSA) is 76.4 Å². The van der Waals surface area contributed by atoms with Crippen LogP contribution in [0.3, 0.4) is 0 Å². The van der Waals surface area contributed by atoms with Gasteiger partial charge in [0, 0.05) is 24.4 Å². The minimum atomic E-state index is -4.82.